The van der Waals surface area contributed by atoms with E-state index in [0.29, 0.717) is 38.5 Å². The first-order valence-corrected chi connectivity index (χ1v) is 15.2. The van der Waals surface area contributed by atoms with Crippen LogP contribution in [0.4, 0.5) is 9.59 Å². The van der Waals surface area contributed by atoms with Crippen LogP contribution in [0.2, 0.25) is 0 Å². The van der Waals surface area contributed by atoms with E-state index in [1.54, 1.807) is 29.2 Å². The number of ether oxygens (including phenoxy) is 3. The fraction of sp³-hybridized carbons (Fsp3) is 0.382. The van der Waals surface area contributed by atoms with Gasteiger partial charge in [0.2, 0.25) is 0 Å². The van der Waals surface area contributed by atoms with Gasteiger partial charge in [0, 0.05) is 38.5 Å². The van der Waals surface area contributed by atoms with E-state index in [2.05, 4.69) is 17.4 Å². The number of amides is 3. The minimum atomic E-state index is -1.04. The highest BCUT2D eigenvalue weighted by atomic mass is 16.6. The zero-order valence-electron chi connectivity index (χ0n) is 25.1. The van der Waals surface area contributed by atoms with Gasteiger partial charge < -0.3 is 39.5 Å². The van der Waals surface area contributed by atoms with Gasteiger partial charge in [0.25, 0.3) is 0 Å². The third-order valence-corrected chi connectivity index (χ3v) is 7.97. The number of aliphatic hydroxyl groups excluding tert-OH is 1. The van der Waals surface area contributed by atoms with Crippen LogP contribution in [0, 0.1) is 0 Å². The summed E-state index contributed by atoms with van der Waals surface area (Å²) in [5.74, 6) is -0.463. The number of nitrogens with zero attached hydrogens (tertiary/aromatic N) is 2. The van der Waals surface area contributed by atoms with Crippen molar-refractivity contribution in [3.8, 4) is 16.9 Å². The Balaban J connectivity index is 1.19. The highest BCUT2D eigenvalue weighted by Crippen LogP contribution is 2.44. The number of morpholine rings is 1. The molecule has 0 radical (unpaired) electrons. The quantitative estimate of drug-likeness (QED) is 0.264. The van der Waals surface area contributed by atoms with Gasteiger partial charge in [-0.15, -0.1) is 0 Å². The molecule has 0 bridgehead atoms. The number of aliphatic carboxylic acids is 1. The molecule has 0 saturated carbocycles. The highest BCUT2D eigenvalue weighted by molar-refractivity contribution is 5.79. The molecular formula is C34H39N3O8. The monoisotopic (exact) mass is 617 g/mol. The number of fused-ring (bicyclic) bond motifs is 3. The van der Waals surface area contributed by atoms with Gasteiger partial charge in [-0.1, -0.05) is 60.7 Å². The van der Waals surface area contributed by atoms with E-state index in [4.69, 9.17) is 19.3 Å². The van der Waals surface area contributed by atoms with Crippen molar-refractivity contribution in [3.05, 3.63) is 89.5 Å². The molecule has 0 unspecified atom stereocenters. The summed E-state index contributed by atoms with van der Waals surface area (Å²) in [6, 6.07) is 22.9. The van der Waals surface area contributed by atoms with Gasteiger partial charge in [-0.25, -0.2) is 9.59 Å². The lowest BCUT2D eigenvalue weighted by atomic mass is 9.98. The fourth-order valence-electron chi connectivity index (χ4n) is 5.62. The third-order valence-electron chi connectivity index (χ3n) is 7.97. The number of nitrogens with one attached hydrogen (secondary N) is 1. The second-order valence-electron chi connectivity index (χ2n) is 11.1. The number of hydrogen-bond donors (Lipinski definition) is 3. The van der Waals surface area contributed by atoms with Crippen LogP contribution in [0.1, 0.15) is 29.0 Å². The van der Waals surface area contributed by atoms with Crippen molar-refractivity contribution >= 4 is 18.1 Å². The van der Waals surface area contributed by atoms with E-state index in [1.165, 1.54) is 4.90 Å². The molecule has 0 spiro atoms. The number of urea groups is 1. The van der Waals surface area contributed by atoms with Crippen LogP contribution < -0.4 is 10.1 Å². The average Bonchev–Trinajstić information content (AvgIpc) is 3.39. The zero-order valence-corrected chi connectivity index (χ0v) is 25.1. The highest BCUT2D eigenvalue weighted by Gasteiger charge is 2.30. The van der Waals surface area contributed by atoms with Crippen LogP contribution in [0.5, 0.6) is 5.75 Å². The molecule has 11 nitrogen and oxygen atoms in total. The lowest BCUT2D eigenvalue weighted by Gasteiger charge is -2.28. The lowest BCUT2D eigenvalue weighted by molar-refractivity contribution is -0.136. The molecule has 1 saturated heterocycles. The Bertz CT molecular complexity index is 1410. The van der Waals surface area contributed by atoms with E-state index in [-0.39, 0.29) is 51.2 Å². The van der Waals surface area contributed by atoms with Gasteiger partial charge in [-0.05, 0) is 46.4 Å². The number of carbonyl (C=O) groups is 3. The molecule has 1 atom stereocenters. The summed E-state index contributed by atoms with van der Waals surface area (Å²) < 4.78 is 16.9. The van der Waals surface area contributed by atoms with Crippen molar-refractivity contribution in [1.29, 1.82) is 0 Å². The maximum absolute atomic E-state index is 13.4. The maximum Gasteiger partial charge on any atom is 0.409 e. The predicted molar refractivity (Wildman–Crippen MR) is 166 cm³/mol. The SMILES string of the molecule is O=C(O)CCc1ccc(OC[C@@H](O)CN(CCNC(=O)N2CCOCC2)C(=O)OCC2c3ccccc3-c3ccccc32)cc1. The number of carboxylic acid groups (broad SMARTS) is 1. The first-order chi connectivity index (χ1) is 21.9. The van der Waals surface area contributed by atoms with E-state index < -0.39 is 18.2 Å². The van der Waals surface area contributed by atoms with Crippen LogP contribution in [-0.4, -0.2) is 103 Å². The van der Waals surface area contributed by atoms with Crippen molar-refractivity contribution in [2.75, 3.05) is 59.2 Å². The first-order valence-electron chi connectivity index (χ1n) is 15.2. The Hall–Kier alpha value is -4.61. The minimum Gasteiger partial charge on any atom is -0.491 e. The number of carbonyl (C=O) groups excluding carboxylic acids is 2. The van der Waals surface area contributed by atoms with E-state index >= 15 is 0 Å². The molecule has 3 aromatic rings. The van der Waals surface area contributed by atoms with Gasteiger partial charge in [-0.2, -0.15) is 0 Å². The summed E-state index contributed by atoms with van der Waals surface area (Å²) in [6.07, 6.45) is -1.18. The molecule has 1 aliphatic heterocycles. The van der Waals surface area contributed by atoms with Gasteiger partial charge in [0.1, 0.15) is 25.1 Å². The maximum atomic E-state index is 13.4. The first kappa shape index (κ1) is 31.8. The van der Waals surface area contributed by atoms with Gasteiger partial charge in [0.15, 0.2) is 0 Å². The van der Waals surface area contributed by atoms with Gasteiger partial charge >= 0.3 is 18.1 Å². The Kier molecular flexibility index (Phi) is 10.9. The van der Waals surface area contributed by atoms with E-state index in [9.17, 15) is 19.5 Å². The summed E-state index contributed by atoms with van der Waals surface area (Å²) in [7, 11) is 0. The molecule has 3 N–H and O–H groups in total. The Labute approximate surface area is 262 Å². The summed E-state index contributed by atoms with van der Waals surface area (Å²) in [4.78, 5) is 39.9. The molecule has 1 heterocycles. The second-order valence-corrected chi connectivity index (χ2v) is 11.1. The number of aryl methyl sites for hydroxylation is 1. The molecule has 3 amide bonds. The van der Waals surface area contributed by atoms with Crippen molar-refractivity contribution < 1.29 is 38.8 Å². The number of rotatable bonds is 13. The molecule has 2 aliphatic rings. The molecule has 1 aliphatic carbocycles. The molecule has 3 aromatic carbocycles. The zero-order chi connectivity index (χ0) is 31.6. The minimum absolute atomic E-state index is 0.0392. The topological polar surface area (TPSA) is 138 Å². The number of aliphatic hydroxyl groups is 1. The van der Waals surface area contributed by atoms with Crippen LogP contribution in [0.25, 0.3) is 11.1 Å². The number of hydrogen-bond acceptors (Lipinski definition) is 7. The standard InChI is InChI=1S/C34H39N3O8/c38-25(22-44-26-12-9-24(10-13-26)11-14-32(39)40)21-37(16-15-35-33(41)36-17-19-43-20-18-36)34(42)45-23-31-29-7-3-1-5-27(29)28-6-2-4-8-30(28)31/h1-10,12-13,25,31,38H,11,14-23H2,(H,35,41)(H,39,40)/t25-/m0/s1. The van der Waals surface area contributed by atoms with Crippen LogP contribution in [-0.2, 0) is 20.7 Å². The molecule has 238 valence electrons. The number of carboxylic acids is 1. The van der Waals surface area contributed by atoms with Crippen LogP contribution >= 0.6 is 0 Å². The molecule has 5 rings (SSSR count). The fourth-order valence-corrected chi connectivity index (χ4v) is 5.62. The molecule has 11 heteroatoms. The van der Waals surface area contributed by atoms with Gasteiger partial charge in [0.05, 0.1) is 19.8 Å². The number of benzene rings is 3. The van der Waals surface area contributed by atoms with Crippen molar-refractivity contribution in [2.45, 2.75) is 24.9 Å². The third kappa shape index (κ3) is 8.52. The van der Waals surface area contributed by atoms with Crippen molar-refractivity contribution in [2.24, 2.45) is 0 Å². The smallest absolute Gasteiger partial charge is 0.409 e. The average molecular weight is 618 g/mol. The summed E-state index contributed by atoms with van der Waals surface area (Å²) >= 11 is 0. The normalized spacial score (nSPS) is 14.6. The van der Waals surface area contributed by atoms with E-state index in [0.717, 1.165) is 27.8 Å². The molecular weight excluding hydrogens is 578 g/mol. The van der Waals surface area contributed by atoms with Crippen molar-refractivity contribution in [1.82, 2.24) is 15.1 Å². The van der Waals surface area contributed by atoms with Crippen LogP contribution in [0.3, 0.4) is 0 Å². The summed E-state index contributed by atoms with van der Waals surface area (Å²) in [6.45, 7) is 2.24. The lowest BCUT2D eigenvalue weighted by Crippen LogP contribution is -2.49. The van der Waals surface area contributed by atoms with Crippen LogP contribution in [0.15, 0.2) is 72.8 Å². The second kappa shape index (κ2) is 15.4. The molecule has 45 heavy (non-hydrogen) atoms. The Morgan fingerprint density at radius 3 is 2.24 bits per heavy atom. The van der Waals surface area contributed by atoms with Gasteiger partial charge in [-0.3, -0.25) is 4.79 Å². The Morgan fingerprint density at radius 1 is 0.956 bits per heavy atom. The molecule has 1 fully saturated rings. The summed E-state index contributed by atoms with van der Waals surface area (Å²) in [5.41, 5.74) is 5.31. The van der Waals surface area contributed by atoms with Crippen molar-refractivity contribution in [3.63, 3.8) is 0 Å². The largest absolute Gasteiger partial charge is 0.491 e. The predicted octanol–water partition coefficient (Wildman–Crippen LogP) is 3.74. The van der Waals surface area contributed by atoms with E-state index in [1.807, 2.05) is 36.4 Å². The summed E-state index contributed by atoms with van der Waals surface area (Å²) in [5, 5.41) is 22.6. The Morgan fingerprint density at radius 2 is 1.60 bits per heavy atom. The molecule has 0 aromatic heterocycles.